The van der Waals surface area contributed by atoms with Gasteiger partial charge in [0.2, 0.25) is 5.91 Å². The molecule has 2 atom stereocenters. The molecule has 0 fully saturated rings. The Kier molecular flexibility index (Phi) is 5.85. The maximum Gasteiger partial charge on any atom is 0.233 e. The molecule has 29 heavy (non-hydrogen) atoms. The Morgan fingerprint density at radius 1 is 1.24 bits per heavy atom. The molecule has 0 spiro atoms. The molecular formula is C22H24N4O2S. The summed E-state index contributed by atoms with van der Waals surface area (Å²) in [5, 5.41) is 11.8. The minimum absolute atomic E-state index is 0.00581. The Bertz CT molecular complexity index is 1000. The highest BCUT2D eigenvalue weighted by Gasteiger charge is 2.25. The van der Waals surface area contributed by atoms with Gasteiger partial charge in [-0.2, -0.15) is 0 Å². The van der Waals surface area contributed by atoms with Crippen LogP contribution in [0.25, 0.3) is 5.69 Å². The predicted molar refractivity (Wildman–Crippen MR) is 113 cm³/mol. The highest BCUT2D eigenvalue weighted by molar-refractivity contribution is 8.00. The third-order valence-corrected chi connectivity index (χ3v) is 6.26. The van der Waals surface area contributed by atoms with Crippen LogP contribution in [0, 0.1) is 0 Å². The Morgan fingerprint density at radius 3 is 2.90 bits per heavy atom. The van der Waals surface area contributed by atoms with Crippen LogP contribution in [0.1, 0.15) is 36.9 Å². The standard InChI is InChI=1S/C22H24N4O2S/c1-15(21(27)24-18-11-7-9-16-8-3-4-10-17(16)18)29-22-25-23-14-26(22)19-12-5-6-13-20(19)28-2/h3-6,8,10,12-15,18H,7,9,11H2,1-2H3,(H,24,27)/t15-,18+/m1/s1. The number of rotatable bonds is 6. The number of aryl methyl sites for hydroxylation is 1. The summed E-state index contributed by atoms with van der Waals surface area (Å²) in [5.41, 5.74) is 3.41. The minimum Gasteiger partial charge on any atom is -0.495 e. The van der Waals surface area contributed by atoms with Gasteiger partial charge in [-0.25, -0.2) is 0 Å². The van der Waals surface area contributed by atoms with Crippen LogP contribution >= 0.6 is 11.8 Å². The Hall–Kier alpha value is -2.80. The number of aromatic nitrogens is 3. The molecule has 0 saturated carbocycles. The zero-order chi connectivity index (χ0) is 20.2. The molecular weight excluding hydrogens is 384 g/mol. The van der Waals surface area contributed by atoms with Crippen molar-refractivity contribution in [3.05, 3.63) is 66.0 Å². The summed E-state index contributed by atoms with van der Waals surface area (Å²) >= 11 is 1.39. The molecule has 2 aromatic carbocycles. The zero-order valence-electron chi connectivity index (χ0n) is 16.5. The van der Waals surface area contributed by atoms with E-state index < -0.39 is 0 Å². The van der Waals surface area contributed by atoms with E-state index in [4.69, 9.17) is 4.74 Å². The molecule has 1 aromatic heterocycles. The van der Waals surface area contributed by atoms with E-state index in [0.717, 1.165) is 30.7 Å². The van der Waals surface area contributed by atoms with Crippen LogP contribution in [-0.2, 0) is 11.2 Å². The summed E-state index contributed by atoms with van der Waals surface area (Å²) in [6.07, 6.45) is 4.78. The topological polar surface area (TPSA) is 69.0 Å². The van der Waals surface area contributed by atoms with Gasteiger partial charge in [0.1, 0.15) is 12.1 Å². The summed E-state index contributed by atoms with van der Waals surface area (Å²) < 4.78 is 7.30. The number of carbonyl (C=O) groups excluding carboxylic acids is 1. The number of methoxy groups -OCH3 is 1. The van der Waals surface area contributed by atoms with Crippen LogP contribution in [0.3, 0.4) is 0 Å². The van der Waals surface area contributed by atoms with Gasteiger partial charge in [-0.1, -0.05) is 48.2 Å². The number of benzene rings is 2. The summed E-state index contributed by atoms with van der Waals surface area (Å²) in [6, 6.07) is 16.1. The van der Waals surface area contributed by atoms with Gasteiger partial charge >= 0.3 is 0 Å². The summed E-state index contributed by atoms with van der Waals surface area (Å²) in [7, 11) is 1.63. The third kappa shape index (κ3) is 4.15. The number of thioether (sulfide) groups is 1. The largest absolute Gasteiger partial charge is 0.495 e. The lowest BCUT2D eigenvalue weighted by Gasteiger charge is -2.27. The van der Waals surface area contributed by atoms with Crippen LogP contribution < -0.4 is 10.1 Å². The lowest BCUT2D eigenvalue weighted by Crippen LogP contribution is -2.36. The third-order valence-electron chi connectivity index (χ3n) is 5.20. The molecule has 150 valence electrons. The van der Waals surface area contributed by atoms with Crippen molar-refractivity contribution in [3.8, 4) is 11.4 Å². The molecule has 0 aliphatic heterocycles. The zero-order valence-corrected chi connectivity index (χ0v) is 17.4. The number of ether oxygens (including phenoxy) is 1. The van der Waals surface area contributed by atoms with E-state index in [0.29, 0.717) is 5.16 Å². The van der Waals surface area contributed by atoms with Gasteiger partial charge in [0.25, 0.3) is 0 Å². The van der Waals surface area contributed by atoms with Gasteiger partial charge in [-0.05, 0) is 49.4 Å². The highest BCUT2D eigenvalue weighted by Crippen LogP contribution is 2.31. The molecule has 7 heteroatoms. The van der Waals surface area contributed by atoms with Crippen LogP contribution in [0.15, 0.2) is 60.0 Å². The number of nitrogens with zero attached hydrogens (tertiary/aromatic N) is 3. The molecule has 0 unspecified atom stereocenters. The Labute approximate surface area is 174 Å². The fourth-order valence-corrected chi connectivity index (χ4v) is 4.55. The monoisotopic (exact) mass is 408 g/mol. The lowest BCUT2D eigenvalue weighted by atomic mass is 9.88. The second kappa shape index (κ2) is 8.69. The van der Waals surface area contributed by atoms with Crippen LogP contribution in [-0.4, -0.2) is 33.0 Å². The van der Waals surface area contributed by atoms with Crippen molar-refractivity contribution < 1.29 is 9.53 Å². The maximum absolute atomic E-state index is 12.9. The van der Waals surface area contributed by atoms with Crippen molar-refractivity contribution in [2.45, 2.75) is 42.6 Å². The number of fused-ring (bicyclic) bond motifs is 1. The van der Waals surface area contributed by atoms with Crippen molar-refractivity contribution in [1.29, 1.82) is 0 Å². The summed E-state index contributed by atoms with van der Waals surface area (Å²) in [5.74, 6) is 0.733. The average Bonchev–Trinajstić information content (AvgIpc) is 3.21. The van der Waals surface area contributed by atoms with Gasteiger partial charge in [0.05, 0.1) is 24.1 Å². The molecule has 1 amide bonds. The fraction of sp³-hybridized carbons (Fsp3) is 0.318. The molecule has 0 radical (unpaired) electrons. The van der Waals surface area contributed by atoms with Gasteiger partial charge in [-0.3, -0.25) is 9.36 Å². The molecule has 0 bridgehead atoms. The normalized spacial score (nSPS) is 16.7. The van der Waals surface area contributed by atoms with Gasteiger partial charge in [0.15, 0.2) is 5.16 Å². The van der Waals surface area contributed by atoms with Crippen molar-refractivity contribution in [3.63, 3.8) is 0 Å². The minimum atomic E-state index is -0.304. The van der Waals surface area contributed by atoms with E-state index in [9.17, 15) is 4.79 Å². The smallest absolute Gasteiger partial charge is 0.233 e. The van der Waals surface area contributed by atoms with Crippen molar-refractivity contribution in [1.82, 2.24) is 20.1 Å². The van der Waals surface area contributed by atoms with E-state index in [1.54, 1.807) is 13.4 Å². The quantitative estimate of drug-likeness (QED) is 0.626. The molecule has 1 aliphatic carbocycles. The van der Waals surface area contributed by atoms with Gasteiger partial charge in [0, 0.05) is 0 Å². The van der Waals surface area contributed by atoms with E-state index >= 15 is 0 Å². The van der Waals surface area contributed by atoms with E-state index in [2.05, 4.69) is 33.7 Å². The van der Waals surface area contributed by atoms with Crippen molar-refractivity contribution in [2.24, 2.45) is 0 Å². The number of hydrogen-bond donors (Lipinski definition) is 1. The van der Waals surface area contributed by atoms with Crippen LogP contribution in [0.2, 0.25) is 0 Å². The highest BCUT2D eigenvalue weighted by atomic mass is 32.2. The number of carbonyl (C=O) groups is 1. The van der Waals surface area contributed by atoms with Crippen LogP contribution in [0.4, 0.5) is 0 Å². The SMILES string of the molecule is COc1ccccc1-n1cnnc1S[C@H](C)C(=O)N[C@H]1CCCc2ccccc21. The maximum atomic E-state index is 12.9. The number of amides is 1. The molecule has 6 nitrogen and oxygen atoms in total. The van der Waals surface area contributed by atoms with E-state index in [1.165, 1.54) is 22.9 Å². The number of para-hydroxylation sites is 2. The first-order valence-electron chi connectivity index (χ1n) is 9.75. The predicted octanol–water partition coefficient (Wildman–Crippen LogP) is 3.95. The fourth-order valence-electron chi connectivity index (χ4n) is 3.70. The first kappa shape index (κ1) is 19.5. The van der Waals surface area contributed by atoms with Crippen LogP contribution in [0.5, 0.6) is 5.75 Å². The van der Waals surface area contributed by atoms with E-state index in [-0.39, 0.29) is 17.2 Å². The first-order valence-corrected chi connectivity index (χ1v) is 10.6. The molecule has 1 aliphatic rings. The molecule has 0 saturated heterocycles. The molecule has 4 rings (SSSR count). The van der Waals surface area contributed by atoms with Gasteiger partial charge < -0.3 is 10.1 Å². The van der Waals surface area contributed by atoms with Crippen molar-refractivity contribution >= 4 is 17.7 Å². The van der Waals surface area contributed by atoms with E-state index in [1.807, 2.05) is 41.8 Å². The molecule has 1 heterocycles. The second-order valence-corrected chi connectivity index (χ2v) is 8.38. The molecule has 3 aromatic rings. The average molecular weight is 409 g/mol. The number of nitrogens with one attached hydrogen (secondary N) is 1. The summed E-state index contributed by atoms with van der Waals surface area (Å²) in [4.78, 5) is 12.9. The summed E-state index contributed by atoms with van der Waals surface area (Å²) in [6.45, 7) is 1.90. The Morgan fingerprint density at radius 2 is 2.03 bits per heavy atom. The van der Waals surface area contributed by atoms with Crippen molar-refractivity contribution in [2.75, 3.05) is 7.11 Å². The number of hydrogen-bond acceptors (Lipinski definition) is 5. The molecule has 1 N–H and O–H groups in total. The first-order chi connectivity index (χ1) is 14.2. The second-order valence-electron chi connectivity index (χ2n) is 7.07. The Balaban J connectivity index is 1.48. The lowest BCUT2D eigenvalue weighted by molar-refractivity contribution is -0.121. The van der Waals surface area contributed by atoms with Gasteiger partial charge in [-0.15, -0.1) is 10.2 Å².